The van der Waals surface area contributed by atoms with Crippen molar-refractivity contribution in [3.8, 4) is 6.19 Å². The van der Waals surface area contributed by atoms with Crippen LogP contribution < -0.4 is 5.32 Å². The third-order valence-electron chi connectivity index (χ3n) is 2.33. The second-order valence-electron chi connectivity index (χ2n) is 3.29. The highest BCUT2D eigenvalue weighted by Gasteiger charge is 2.23. The minimum Gasteiger partial charge on any atom is -0.373 e. The van der Waals surface area contributed by atoms with Gasteiger partial charge in [-0.15, -0.1) is 11.3 Å². The van der Waals surface area contributed by atoms with Gasteiger partial charge in [-0.25, -0.2) is 4.98 Å². The van der Waals surface area contributed by atoms with Crippen LogP contribution in [0.25, 0.3) is 0 Å². The summed E-state index contributed by atoms with van der Waals surface area (Å²) in [6.07, 6.45) is 5.47. The van der Waals surface area contributed by atoms with Crippen molar-refractivity contribution in [3.63, 3.8) is 0 Å². The van der Waals surface area contributed by atoms with Crippen molar-refractivity contribution in [3.05, 3.63) is 15.5 Å². The molecular formula is C9H9ClN4S. The maximum atomic E-state index is 8.51. The fourth-order valence-electron chi connectivity index (χ4n) is 1.66. The van der Waals surface area contributed by atoms with Crippen molar-refractivity contribution < 1.29 is 0 Å². The molecule has 1 aromatic heterocycles. The lowest BCUT2D eigenvalue weighted by Gasteiger charge is -2.05. The molecule has 1 aromatic rings. The Kier molecular flexibility index (Phi) is 3.19. The number of nitrogens with one attached hydrogen (secondary N) is 1. The molecule has 6 heteroatoms. The molecule has 15 heavy (non-hydrogen) atoms. The van der Waals surface area contributed by atoms with Crippen LogP contribution in [-0.4, -0.2) is 17.4 Å². The summed E-state index contributed by atoms with van der Waals surface area (Å²) in [5.41, 5.74) is 0. The van der Waals surface area contributed by atoms with Gasteiger partial charge in [0.25, 0.3) is 0 Å². The zero-order valence-corrected chi connectivity index (χ0v) is 9.48. The molecule has 1 fully saturated rings. The molecule has 2 rings (SSSR count). The van der Waals surface area contributed by atoms with Gasteiger partial charge in [-0.1, -0.05) is 11.6 Å². The van der Waals surface area contributed by atoms with Crippen LogP contribution in [0.5, 0.6) is 0 Å². The van der Waals surface area contributed by atoms with Crippen LogP contribution in [0.2, 0.25) is 4.47 Å². The summed E-state index contributed by atoms with van der Waals surface area (Å²) in [5, 5.41) is 11.6. The van der Waals surface area contributed by atoms with Crippen molar-refractivity contribution in [2.45, 2.75) is 12.8 Å². The Labute approximate surface area is 96.6 Å². The highest BCUT2D eigenvalue weighted by molar-refractivity contribution is 7.15. The lowest BCUT2D eigenvalue weighted by atomic mass is 10.0. The van der Waals surface area contributed by atoms with Crippen LogP contribution in [0.3, 0.4) is 0 Å². The molecule has 1 unspecified atom stereocenters. The Bertz CT molecular complexity index is 420. The summed E-state index contributed by atoms with van der Waals surface area (Å²) < 4.78 is 0.565. The zero-order valence-electron chi connectivity index (χ0n) is 7.90. The van der Waals surface area contributed by atoms with E-state index in [2.05, 4.69) is 15.3 Å². The first-order chi connectivity index (χ1) is 7.29. The molecule has 1 aliphatic rings. The van der Waals surface area contributed by atoms with E-state index in [1.54, 1.807) is 6.20 Å². The Morgan fingerprint density at radius 3 is 3.33 bits per heavy atom. The Balaban J connectivity index is 2.06. The van der Waals surface area contributed by atoms with E-state index in [-0.39, 0.29) is 0 Å². The van der Waals surface area contributed by atoms with Crippen molar-refractivity contribution in [1.82, 2.24) is 10.3 Å². The first-order valence-corrected chi connectivity index (χ1v) is 5.80. The summed E-state index contributed by atoms with van der Waals surface area (Å²) >= 11 is 7.24. The molecule has 0 aliphatic carbocycles. The normalized spacial score (nSPS) is 22.7. The Hall–Kier alpha value is -1.12. The molecule has 0 aromatic carbocycles. The number of halogens is 1. The first-order valence-electron chi connectivity index (χ1n) is 4.60. The van der Waals surface area contributed by atoms with Crippen molar-refractivity contribution in [1.29, 1.82) is 5.26 Å². The van der Waals surface area contributed by atoms with Gasteiger partial charge in [-0.3, -0.25) is 0 Å². The maximum absolute atomic E-state index is 8.51. The van der Waals surface area contributed by atoms with Gasteiger partial charge < -0.3 is 5.32 Å². The van der Waals surface area contributed by atoms with Gasteiger partial charge >= 0.3 is 0 Å². The van der Waals surface area contributed by atoms with Crippen LogP contribution in [0, 0.1) is 17.4 Å². The largest absolute Gasteiger partial charge is 0.373 e. The fraction of sp³-hybridized carbons (Fsp3) is 0.444. The molecule has 4 nitrogen and oxygen atoms in total. The van der Waals surface area contributed by atoms with Gasteiger partial charge in [0, 0.05) is 23.5 Å². The molecule has 0 radical (unpaired) electrons. The summed E-state index contributed by atoms with van der Waals surface area (Å²) in [7, 11) is 0. The van der Waals surface area contributed by atoms with Crippen LogP contribution in [0.4, 0.5) is 0 Å². The lowest BCUT2D eigenvalue weighted by molar-refractivity contribution is 0.688. The lowest BCUT2D eigenvalue weighted by Crippen LogP contribution is -2.20. The monoisotopic (exact) mass is 240 g/mol. The summed E-state index contributed by atoms with van der Waals surface area (Å²) in [6, 6.07) is 0. The average molecular weight is 241 g/mol. The van der Waals surface area contributed by atoms with E-state index in [0.717, 1.165) is 30.1 Å². The number of hydrogen-bond donors (Lipinski definition) is 1. The molecule has 0 spiro atoms. The minimum atomic E-state index is 0.307. The van der Waals surface area contributed by atoms with Crippen LogP contribution in [0.1, 0.15) is 11.3 Å². The van der Waals surface area contributed by atoms with Gasteiger partial charge in [-0.05, 0) is 12.8 Å². The van der Waals surface area contributed by atoms with Gasteiger partial charge in [0.05, 0.1) is 0 Å². The topological polar surface area (TPSA) is 61.1 Å². The van der Waals surface area contributed by atoms with Crippen LogP contribution in [-0.2, 0) is 6.42 Å². The summed E-state index contributed by atoms with van der Waals surface area (Å²) in [5.74, 6) is 1.10. The Morgan fingerprint density at radius 2 is 2.67 bits per heavy atom. The molecule has 1 saturated heterocycles. The second kappa shape index (κ2) is 4.60. The molecule has 78 valence electrons. The van der Waals surface area contributed by atoms with E-state index < -0.39 is 0 Å². The summed E-state index contributed by atoms with van der Waals surface area (Å²) in [6.45, 7) is 0.887. The third kappa shape index (κ3) is 2.46. The average Bonchev–Trinajstić information content (AvgIpc) is 2.78. The second-order valence-corrected chi connectivity index (χ2v) is 4.99. The van der Waals surface area contributed by atoms with Crippen molar-refractivity contribution >= 4 is 28.8 Å². The predicted octanol–water partition coefficient (Wildman–Crippen LogP) is 1.83. The van der Waals surface area contributed by atoms with E-state index in [4.69, 9.17) is 16.9 Å². The smallest absolute Gasteiger partial charge is 0.207 e. The predicted molar refractivity (Wildman–Crippen MR) is 60.0 cm³/mol. The third-order valence-corrected chi connectivity index (χ3v) is 3.47. The van der Waals surface area contributed by atoms with Crippen molar-refractivity contribution in [2.24, 2.45) is 10.9 Å². The molecule has 1 aliphatic heterocycles. The Morgan fingerprint density at radius 1 is 1.80 bits per heavy atom. The quantitative estimate of drug-likeness (QED) is 0.803. The number of thiazole rings is 1. The molecule has 0 saturated carbocycles. The number of aliphatic imine (C=N–C) groups is 1. The van der Waals surface area contributed by atoms with E-state index in [9.17, 15) is 0 Å². The van der Waals surface area contributed by atoms with Gasteiger partial charge in [0.15, 0.2) is 4.47 Å². The maximum Gasteiger partial charge on any atom is 0.207 e. The highest BCUT2D eigenvalue weighted by atomic mass is 35.5. The van der Waals surface area contributed by atoms with E-state index in [1.165, 1.54) is 11.3 Å². The van der Waals surface area contributed by atoms with E-state index in [1.807, 2.05) is 6.19 Å². The number of aromatic nitrogens is 1. The fourth-order valence-corrected chi connectivity index (χ4v) is 2.72. The number of nitrogens with zero attached hydrogens (tertiary/aromatic N) is 3. The molecule has 1 atom stereocenters. The van der Waals surface area contributed by atoms with Gasteiger partial charge in [0.2, 0.25) is 6.19 Å². The number of rotatable bonds is 2. The van der Waals surface area contributed by atoms with Crippen LogP contribution >= 0.6 is 22.9 Å². The first kappa shape index (κ1) is 10.4. The van der Waals surface area contributed by atoms with Crippen molar-refractivity contribution in [2.75, 3.05) is 6.54 Å². The zero-order chi connectivity index (χ0) is 10.7. The SMILES string of the molecule is N#C/N=C1\NCCC1Cc1cnc(Cl)s1. The minimum absolute atomic E-state index is 0.307. The van der Waals surface area contributed by atoms with Gasteiger partial charge in [-0.2, -0.15) is 10.3 Å². The molecule has 0 bridgehead atoms. The number of hydrogen-bond acceptors (Lipinski definition) is 4. The van der Waals surface area contributed by atoms with E-state index in [0.29, 0.717) is 10.4 Å². The summed E-state index contributed by atoms with van der Waals surface area (Å²) in [4.78, 5) is 8.90. The highest BCUT2D eigenvalue weighted by Crippen LogP contribution is 2.23. The number of nitriles is 1. The van der Waals surface area contributed by atoms with Crippen LogP contribution in [0.15, 0.2) is 11.2 Å². The van der Waals surface area contributed by atoms with E-state index >= 15 is 0 Å². The number of amidine groups is 1. The molecule has 2 heterocycles. The standard InChI is InChI=1S/C9H9ClN4S/c10-9-13-4-7(15-9)3-6-1-2-12-8(6)14-5-11/h4,6H,1-3H2,(H,12,14). The van der Waals surface area contributed by atoms with Gasteiger partial charge in [0.1, 0.15) is 5.84 Å². The molecule has 0 amide bonds. The molecular weight excluding hydrogens is 232 g/mol. The molecule has 1 N–H and O–H groups in total.